The van der Waals surface area contributed by atoms with Crippen LogP contribution in [0.3, 0.4) is 0 Å². The van der Waals surface area contributed by atoms with Crippen molar-refractivity contribution in [3.63, 3.8) is 0 Å². The number of amides is 1. The van der Waals surface area contributed by atoms with Crippen molar-refractivity contribution >= 4 is 27.6 Å². The molecule has 1 fully saturated rings. The molecule has 1 saturated heterocycles. The summed E-state index contributed by atoms with van der Waals surface area (Å²) >= 11 is 0. The second-order valence-corrected chi connectivity index (χ2v) is 8.43. The van der Waals surface area contributed by atoms with E-state index in [0.29, 0.717) is 30.7 Å². The summed E-state index contributed by atoms with van der Waals surface area (Å²) in [4.78, 5) is 28.0. The summed E-state index contributed by atoms with van der Waals surface area (Å²) in [6.07, 6.45) is 1.90. The summed E-state index contributed by atoms with van der Waals surface area (Å²) in [7, 11) is 0. The number of aryl methyl sites for hydroxylation is 1. The SMILES string of the molecule is Cc1ccc2oc(C(=O)N(Cc3cccc4ccccc34)CC3CCCO3)cc(=O)c2c1. The van der Waals surface area contributed by atoms with Gasteiger partial charge >= 0.3 is 0 Å². The molecule has 1 atom stereocenters. The highest BCUT2D eigenvalue weighted by atomic mass is 16.5. The van der Waals surface area contributed by atoms with Gasteiger partial charge in [0.05, 0.1) is 11.5 Å². The molecule has 1 aliphatic rings. The number of fused-ring (bicyclic) bond motifs is 2. The van der Waals surface area contributed by atoms with E-state index in [-0.39, 0.29) is 23.2 Å². The quantitative estimate of drug-likeness (QED) is 0.446. The third-order valence-corrected chi connectivity index (χ3v) is 6.07. The maximum Gasteiger partial charge on any atom is 0.290 e. The first-order valence-corrected chi connectivity index (χ1v) is 11.0. The van der Waals surface area contributed by atoms with E-state index in [1.54, 1.807) is 17.0 Å². The van der Waals surface area contributed by atoms with Gasteiger partial charge in [0.2, 0.25) is 0 Å². The number of rotatable bonds is 5. The molecule has 5 nitrogen and oxygen atoms in total. The Labute approximate surface area is 186 Å². The molecule has 32 heavy (non-hydrogen) atoms. The normalized spacial score (nSPS) is 16.0. The summed E-state index contributed by atoms with van der Waals surface area (Å²) in [6, 6.07) is 21.0. The molecule has 1 amide bonds. The van der Waals surface area contributed by atoms with Gasteiger partial charge in [-0.25, -0.2) is 0 Å². The predicted octanol–water partition coefficient (Wildman–Crippen LogP) is 5.08. The first-order chi connectivity index (χ1) is 15.6. The molecule has 0 spiro atoms. The second-order valence-electron chi connectivity index (χ2n) is 8.43. The van der Waals surface area contributed by atoms with Crippen molar-refractivity contribution < 1.29 is 13.9 Å². The molecule has 162 valence electrons. The van der Waals surface area contributed by atoms with Crippen molar-refractivity contribution in [3.8, 4) is 0 Å². The third-order valence-electron chi connectivity index (χ3n) is 6.07. The standard InChI is InChI=1S/C27H25NO4/c1-18-11-12-25-23(14-18)24(29)15-26(32-25)27(30)28(17-21-9-5-13-31-21)16-20-8-4-7-19-6-2-3-10-22(19)20/h2-4,6-8,10-12,14-15,21H,5,9,13,16-17H2,1H3. The largest absolute Gasteiger partial charge is 0.451 e. The van der Waals surface area contributed by atoms with Gasteiger partial charge in [-0.1, -0.05) is 54.1 Å². The van der Waals surface area contributed by atoms with Gasteiger partial charge in [-0.3, -0.25) is 9.59 Å². The minimum atomic E-state index is -0.298. The van der Waals surface area contributed by atoms with Crippen LogP contribution in [0.2, 0.25) is 0 Å². The number of carbonyl (C=O) groups excluding carboxylic acids is 1. The lowest BCUT2D eigenvalue weighted by atomic mass is 10.0. The third kappa shape index (κ3) is 4.04. The zero-order valence-electron chi connectivity index (χ0n) is 18.0. The fraction of sp³-hybridized carbons (Fsp3) is 0.259. The highest BCUT2D eigenvalue weighted by Gasteiger charge is 2.26. The van der Waals surface area contributed by atoms with E-state index >= 15 is 0 Å². The molecule has 1 unspecified atom stereocenters. The van der Waals surface area contributed by atoms with E-state index < -0.39 is 0 Å². The van der Waals surface area contributed by atoms with E-state index in [2.05, 4.69) is 18.2 Å². The van der Waals surface area contributed by atoms with Crippen LogP contribution in [-0.4, -0.2) is 30.1 Å². The lowest BCUT2D eigenvalue weighted by Gasteiger charge is -2.26. The van der Waals surface area contributed by atoms with Crippen LogP contribution in [0.5, 0.6) is 0 Å². The van der Waals surface area contributed by atoms with Crippen molar-refractivity contribution in [3.05, 3.63) is 93.8 Å². The van der Waals surface area contributed by atoms with E-state index in [1.807, 2.05) is 37.3 Å². The van der Waals surface area contributed by atoms with Crippen molar-refractivity contribution in [1.29, 1.82) is 0 Å². The number of carbonyl (C=O) groups is 1. The molecule has 1 aromatic heterocycles. The van der Waals surface area contributed by atoms with Gasteiger partial charge in [-0.15, -0.1) is 0 Å². The van der Waals surface area contributed by atoms with Gasteiger partial charge in [0.25, 0.3) is 5.91 Å². The van der Waals surface area contributed by atoms with Gasteiger partial charge in [0.1, 0.15) is 5.58 Å². The molecule has 2 heterocycles. The number of benzene rings is 3. The van der Waals surface area contributed by atoms with Gasteiger partial charge in [-0.05, 0) is 48.2 Å². The number of hydrogen-bond acceptors (Lipinski definition) is 4. The van der Waals surface area contributed by atoms with E-state index in [9.17, 15) is 9.59 Å². The fourth-order valence-electron chi connectivity index (χ4n) is 4.42. The maximum atomic E-state index is 13.6. The zero-order chi connectivity index (χ0) is 22.1. The minimum Gasteiger partial charge on any atom is -0.451 e. The summed E-state index contributed by atoms with van der Waals surface area (Å²) in [5, 5.41) is 2.72. The smallest absolute Gasteiger partial charge is 0.290 e. The molecule has 4 aromatic rings. The molecule has 0 bridgehead atoms. The van der Waals surface area contributed by atoms with Crippen molar-refractivity contribution in [2.75, 3.05) is 13.2 Å². The fourth-order valence-corrected chi connectivity index (χ4v) is 4.42. The van der Waals surface area contributed by atoms with Crippen LogP contribution < -0.4 is 5.43 Å². The molecule has 5 heteroatoms. The lowest BCUT2D eigenvalue weighted by Crippen LogP contribution is -2.37. The summed E-state index contributed by atoms with van der Waals surface area (Å²) < 4.78 is 11.7. The monoisotopic (exact) mass is 427 g/mol. The molecular weight excluding hydrogens is 402 g/mol. The van der Waals surface area contributed by atoms with Crippen LogP contribution in [0.15, 0.2) is 75.9 Å². The number of ether oxygens (including phenoxy) is 1. The predicted molar refractivity (Wildman–Crippen MR) is 125 cm³/mol. The van der Waals surface area contributed by atoms with Gasteiger partial charge < -0.3 is 14.1 Å². The van der Waals surface area contributed by atoms with E-state index in [4.69, 9.17) is 9.15 Å². The first-order valence-electron chi connectivity index (χ1n) is 11.0. The van der Waals surface area contributed by atoms with Gasteiger partial charge in [0, 0.05) is 25.8 Å². The van der Waals surface area contributed by atoms with E-state index in [1.165, 1.54) is 6.07 Å². The van der Waals surface area contributed by atoms with Crippen LogP contribution in [-0.2, 0) is 11.3 Å². The average Bonchev–Trinajstić information content (AvgIpc) is 3.32. The summed E-state index contributed by atoms with van der Waals surface area (Å²) in [6.45, 7) is 3.50. The van der Waals surface area contributed by atoms with E-state index in [0.717, 1.165) is 34.7 Å². The number of hydrogen-bond donors (Lipinski definition) is 0. The Balaban J connectivity index is 1.52. The average molecular weight is 428 g/mol. The van der Waals surface area contributed by atoms with Crippen LogP contribution >= 0.6 is 0 Å². The van der Waals surface area contributed by atoms with Crippen LogP contribution in [0.1, 0.15) is 34.5 Å². The highest BCUT2D eigenvalue weighted by molar-refractivity contribution is 5.94. The Morgan fingerprint density at radius 1 is 1.03 bits per heavy atom. The molecule has 3 aromatic carbocycles. The molecular formula is C27H25NO4. The Morgan fingerprint density at radius 3 is 2.72 bits per heavy atom. The van der Waals surface area contributed by atoms with Crippen molar-refractivity contribution in [2.45, 2.75) is 32.4 Å². The van der Waals surface area contributed by atoms with Gasteiger partial charge in [0.15, 0.2) is 11.2 Å². The Hall–Kier alpha value is -3.44. The minimum absolute atomic E-state index is 0.0104. The van der Waals surface area contributed by atoms with Gasteiger partial charge in [-0.2, -0.15) is 0 Å². The topological polar surface area (TPSA) is 59.8 Å². The molecule has 0 radical (unpaired) electrons. The Morgan fingerprint density at radius 2 is 1.88 bits per heavy atom. The second kappa shape index (κ2) is 8.60. The molecule has 5 rings (SSSR count). The first kappa shape index (κ1) is 20.5. The molecule has 0 aliphatic carbocycles. The Kier molecular flexibility index (Phi) is 5.50. The van der Waals surface area contributed by atoms with Crippen LogP contribution in [0, 0.1) is 6.92 Å². The lowest BCUT2D eigenvalue weighted by molar-refractivity contribution is 0.0485. The summed E-state index contributed by atoms with van der Waals surface area (Å²) in [5.41, 5.74) is 2.24. The summed E-state index contributed by atoms with van der Waals surface area (Å²) in [5.74, 6) is -0.238. The van der Waals surface area contributed by atoms with Crippen LogP contribution in [0.4, 0.5) is 0 Å². The van der Waals surface area contributed by atoms with Crippen LogP contribution in [0.25, 0.3) is 21.7 Å². The van der Waals surface area contributed by atoms with Crippen molar-refractivity contribution in [2.24, 2.45) is 0 Å². The zero-order valence-corrected chi connectivity index (χ0v) is 18.0. The molecule has 0 saturated carbocycles. The Bertz CT molecular complexity index is 1350. The maximum absolute atomic E-state index is 13.6. The van der Waals surface area contributed by atoms with Crippen molar-refractivity contribution in [1.82, 2.24) is 4.90 Å². The highest BCUT2D eigenvalue weighted by Crippen LogP contribution is 2.23. The number of nitrogens with zero attached hydrogens (tertiary/aromatic N) is 1. The molecule has 1 aliphatic heterocycles. The molecule has 0 N–H and O–H groups in total.